The molecule has 5 heteroatoms. The van der Waals surface area contributed by atoms with Crippen molar-refractivity contribution in [3.63, 3.8) is 0 Å². The normalized spacial score (nSPS) is 10.2. The largest absolute Gasteiger partial charge is 0.494 e. The van der Waals surface area contributed by atoms with E-state index < -0.39 is 0 Å². The third kappa shape index (κ3) is 4.13. The first-order chi connectivity index (χ1) is 10.1. The third-order valence-electron chi connectivity index (χ3n) is 2.82. The van der Waals surface area contributed by atoms with Crippen LogP contribution in [0.25, 0.3) is 0 Å². The molecular formula is C16H17ClN2O2. The van der Waals surface area contributed by atoms with Gasteiger partial charge in [0.2, 0.25) is 0 Å². The van der Waals surface area contributed by atoms with Crippen LogP contribution in [0.1, 0.15) is 23.7 Å². The van der Waals surface area contributed by atoms with Crippen LogP contribution in [0.3, 0.4) is 0 Å². The molecule has 4 nitrogen and oxygen atoms in total. The van der Waals surface area contributed by atoms with Crippen molar-refractivity contribution < 1.29 is 9.53 Å². The molecule has 1 amide bonds. The number of benzene rings is 2. The number of amides is 1. The van der Waals surface area contributed by atoms with Gasteiger partial charge < -0.3 is 15.8 Å². The Hall–Kier alpha value is -2.20. The van der Waals surface area contributed by atoms with Crippen molar-refractivity contribution in [3.05, 3.63) is 53.1 Å². The van der Waals surface area contributed by atoms with Gasteiger partial charge in [-0.1, -0.05) is 24.6 Å². The summed E-state index contributed by atoms with van der Waals surface area (Å²) in [5.74, 6) is 0.440. The summed E-state index contributed by atoms with van der Waals surface area (Å²) in [6, 6.07) is 12.0. The number of nitrogens with one attached hydrogen (secondary N) is 1. The average molecular weight is 305 g/mol. The summed E-state index contributed by atoms with van der Waals surface area (Å²) in [6.07, 6.45) is 0.928. The number of nitrogens with two attached hydrogens (primary N) is 1. The number of hydrogen-bond donors (Lipinski definition) is 2. The van der Waals surface area contributed by atoms with Crippen molar-refractivity contribution in [2.75, 3.05) is 17.7 Å². The lowest BCUT2D eigenvalue weighted by Crippen LogP contribution is -2.14. The summed E-state index contributed by atoms with van der Waals surface area (Å²) >= 11 is 5.82. The van der Waals surface area contributed by atoms with Crippen LogP contribution in [-0.4, -0.2) is 12.5 Å². The number of nitrogen functional groups attached to an aromatic ring is 1. The molecule has 3 N–H and O–H groups in total. The molecule has 0 saturated carbocycles. The topological polar surface area (TPSA) is 64.3 Å². The van der Waals surface area contributed by atoms with Gasteiger partial charge in [-0.05, 0) is 36.8 Å². The number of carbonyl (C=O) groups excluding carboxylic acids is 1. The second-order valence-corrected chi connectivity index (χ2v) is 5.00. The summed E-state index contributed by atoms with van der Waals surface area (Å²) in [5.41, 5.74) is 7.19. The fourth-order valence-corrected chi connectivity index (χ4v) is 2.00. The van der Waals surface area contributed by atoms with E-state index in [1.165, 1.54) is 0 Å². The Morgan fingerprint density at radius 1 is 1.29 bits per heavy atom. The van der Waals surface area contributed by atoms with Crippen LogP contribution >= 0.6 is 11.6 Å². The molecule has 0 atom stereocenters. The van der Waals surface area contributed by atoms with Crippen LogP contribution in [0.15, 0.2) is 42.5 Å². The van der Waals surface area contributed by atoms with E-state index in [1.807, 2.05) is 19.1 Å². The van der Waals surface area contributed by atoms with E-state index in [9.17, 15) is 4.79 Å². The fraction of sp³-hybridized carbons (Fsp3) is 0.188. The Labute approximate surface area is 128 Å². The van der Waals surface area contributed by atoms with E-state index in [0.717, 1.165) is 12.2 Å². The van der Waals surface area contributed by atoms with Gasteiger partial charge in [0, 0.05) is 22.5 Å². The highest BCUT2D eigenvalue weighted by molar-refractivity contribution is 6.31. The van der Waals surface area contributed by atoms with Gasteiger partial charge >= 0.3 is 0 Å². The van der Waals surface area contributed by atoms with Crippen molar-refractivity contribution in [1.82, 2.24) is 0 Å². The molecule has 0 fully saturated rings. The number of rotatable bonds is 5. The number of halogens is 1. The predicted molar refractivity (Wildman–Crippen MR) is 86.0 cm³/mol. The number of ether oxygens (including phenoxy) is 1. The summed E-state index contributed by atoms with van der Waals surface area (Å²) in [4.78, 5) is 12.2. The molecule has 2 aromatic rings. The van der Waals surface area contributed by atoms with Crippen molar-refractivity contribution in [1.29, 1.82) is 0 Å². The Kier molecular flexibility index (Phi) is 5.06. The van der Waals surface area contributed by atoms with Gasteiger partial charge in [0.25, 0.3) is 5.91 Å². The first-order valence-corrected chi connectivity index (χ1v) is 7.07. The SMILES string of the molecule is CCCOc1cccc(NC(=O)c2ccc(Cl)cc2N)c1. The molecule has 0 aliphatic rings. The molecule has 110 valence electrons. The molecule has 0 aromatic heterocycles. The quantitative estimate of drug-likeness (QED) is 0.822. The number of carbonyl (C=O) groups is 1. The van der Waals surface area contributed by atoms with Crippen molar-refractivity contribution in [2.24, 2.45) is 0 Å². The van der Waals surface area contributed by atoms with E-state index in [-0.39, 0.29) is 5.91 Å². The Morgan fingerprint density at radius 2 is 2.10 bits per heavy atom. The van der Waals surface area contributed by atoms with Gasteiger partial charge in [-0.15, -0.1) is 0 Å². The molecule has 0 unspecified atom stereocenters. The maximum atomic E-state index is 12.2. The standard InChI is InChI=1S/C16H17ClN2O2/c1-2-8-21-13-5-3-4-12(10-13)19-16(20)14-7-6-11(17)9-15(14)18/h3-7,9-10H,2,8,18H2,1H3,(H,19,20). The van der Waals surface area contributed by atoms with Crippen molar-refractivity contribution >= 4 is 28.9 Å². The van der Waals surface area contributed by atoms with E-state index in [2.05, 4.69) is 5.32 Å². The van der Waals surface area contributed by atoms with Crippen molar-refractivity contribution in [2.45, 2.75) is 13.3 Å². The van der Waals surface area contributed by atoms with Crippen LogP contribution in [0, 0.1) is 0 Å². The van der Waals surface area contributed by atoms with Gasteiger partial charge in [-0.3, -0.25) is 4.79 Å². The summed E-state index contributed by atoms with van der Waals surface area (Å²) in [5, 5.41) is 3.29. The Morgan fingerprint density at radius 3 is 2.81 bits per heavy atom. The molecule has 0 radical (unpaired) electrons. The van der Waals surface area contributed by atoms with Crippen molar-refractivity contribution in [3.8, 4) is 5.75 Å². The summed E-state index contributed by atoms with van der Waals surface area (Å²) < 4.78 is 5.53. The lowest BCUT2D eigenvalue weighted by atomic mass is 10.1. The van der Waals surface area contributed by atoms with Crippen LogP contribution in [0.5, 0.6) is 5.75 Å². The molecule has 0 aliphatic heterocycles. The zero-order valence-electron chi connectivity index (χ0n) is 11.7. The molecule has 2 aromatic carbocycles. The van der Waals surface area contributed by atoms with E-state index >= 15 is 0 Å². The Balaban J connectivity index is 2.12. The highest BCUT2D eigenvalue weighted by Crippen LogP contribution is 2.21. The number of hydrogen-bond acceptors (Lipinski definition) is 3. The molecule has 0 spiro atoms. The fourth-order valence-electron chi connectivity index (χ4n) is 1.82. The minimum Gasteiger partial charge on any atom is -0.494 e. The highest BCUT2D eigenvalue weighted by Gasteiger charge is 2.10. The smallest absolute Gasteiger partial charge is 0.257 e. The highest BCUT2D eigenvalue weighted by atomic mass is 35.5. The number of anilines is 2. The van der Waals surface area contributed by atoms with Gasteiger partial charge in [0.15, 0.2) is 0 Å². The van der Waals surface area contributed by atoms with E-state index in [0.29, 0.717) is 28.6 Å². The van der Waals surface area contributed by atoms with Crippen LogP contribution in [0.4, 0.5) is 11.4 Å². The zero-order valence-corrected chi connectivity index (χ0v) is 12.5. The molecule has 0 heterocycles. The second kappa shape index (κ2) is 6.99. The molecule has 0 aliphatic carbocycles. The Bertz CT molecular complexity index is 644. The maximum absolute atomic E-state index is 12.2. The van der Waals surface area contributed by atoms with Crippen LogP contribution in [0.2, 0.25) is 5.02 Å². The van der Waals surface area contributed by atoms with Gasteiger partial charge in [-0.25, -0.2) is 0 Å². The molecule has 2 rings (SSSR count). The molecule has 21 heavy (non-hydrogen) atoms. The molecule has 0 bridgehead atoms. The summed E-state index contributed by atoms with van der Waals surface area (Å²) in [7, 11) is 0. The zero-order chi connectivity index (χ0) is 15.2. The molecule has 0 saturated heterocycles. The van der Waals surface area contributed by atoms with Gasteiger partial charge in [0.1, 0.15) is 5.75 Å². The minimum atomic E-state index is -0.281. The lowest BCUT2D eigenvalue weighted by molar-refractivity contribution is 0.102. The van der Waals surface area contributed by atoms with E-state index in [1.54, 1.807) is 30.3 Å². The van der Waals surface area contributed by atoms with Crippen LogP contribution in [-0.2, 0) is 0 Å². The lowest BCUT2D eigenvalue weighted by Gasteiger charge is -2.10. The van der Waals surface area contributed by atoms with Crippen LogP contribution < -0.4 is 15.8 Å². The predicted octanol–water partition coefficient (Wildman–Crippen LogP) is 3.96. The minimum absolute atomic E-state index is 0.281. The maximum Gasteiger partial charge on any atom is 0.257 e. The third-order valence-corrected chi connectivity index (χ3v) is 3.06. The van der Waals surface area contributed by atoms with Gasteiger partial charge in [0.05, 0.1) is 12.2 Å². The summed E-state index contributed by atoms with van der Waals surface area (Å²) in [6.45, 7) is 2.68. The second-order valence-electron chi connectivity index (χ2n) is 4.56. The monoisotopic (exact) mass is 304 g/mol. The first-order valence-electron chi connectivity index (χ1n) is 6.69. The van der Waals surface area contributed by atoms with E-state index in [4.69, 9.17) is 22.1 Å². The average Bonchev–Trinajstić information content (AvgIpc) is 2.45. The molecular weight excluding hydrogens is 288 g/mol. The van der Waals surface area contributed by atoms with Gasteiger partial charge in [-0.2, -0.15) is 0 Å². The first kappa shape index (κ1) is 15.2.